The smallest absolute Gasteiger partial charge is 0.123 e. The van der Waals surface area contributed by atoms with Gasteiger partial charge >= 0.3 is 0 Å². The van der Waals surface area contributed by atoms with E-state index in [0.717, 1.165) is 5.56 Å². The summed E-state index contributed by atoms with van der Waals surface area (Å²) in [5, 5.41) is 5.70. The maximum atomic E-state index is 11.2. The van der Waals surface area contributed by atoms with Gasteiger partial charge in [0.2, 0.25) is 0 Å². The molecule has 2 aromatic carbocycles. The molecule has 2 aromatic rings. The number of hydrogen-bond acceptors (Lipinski definition) is 2. The molecule has 85 valence electrons. The van der Waals surface area contributed by atoms with E-state index in [2.05, 4.69) is 49.7 Å². The van der Waals surface area contributed by atoms with Crippen LogP contribution >= 0.6 is 0 Å². The molecule has 1 unspecified atom stereocenters. The third kappa shape index (κ3) is 1.40. The average Bonchev–Trinajstić information content (AvgIpc) is 2.28. The van der Waals surface area contributed by atoms with Crippen molar-refractivity contribution in [3.8, 4) is 0 Å². The lowest BCUT2D eigenvalue weighted by Crippen LogP contribution is -2.25. The van der Waals surface area contributed by atoms with Gasteiger partial charge in [-0.15, -0.1) is 0 Å². The lowest BCUT2D eigenvalue weighted by Gasteiger charge is -2.35. The first kappa shape index (κ1) is 10.5. The molecular formula is C15H14NO. The van der Waals surface area contributed by atoms with Crippen molar-refractivity contribution in [2.45, 2.75) is 19.9 Å². The van der Waals surface area contributed by atoms with E-state index in [-0.39, 0.29) is 11.5 Å². The Hall–Kier alpha value is -1.70. The summed E-state index contributed by atoms with van der Waals surface area (Å²) in [6.07, 6.45) is 2.16. The quantitative estimate of drug-likeness (QED) is 0.666. The summed E-state index contributed by atoms with van der Waals surface area (Å²) in [5.74, 6) is 0. The molecule has 0 N–H and O–H groups in total. The maximum Gasteiger partial charge on any atom is 0.123 e. The first-order valence-electron chi connectivity index (χ1n) is 5.83. The summed E-state index contributed by atoms with van der Waals surface area (Å²) in [4.78, 5) is 11.2. The lowest BCUT2D eigenvalue weighted by atomic mass is 9.70. The largest absolute Gasteiger partial charge is 0.150 e. The predicted molar refractivity (Wildman–Crippen MR) is 69.7 cm³/mol. The van der Waals surface area contributed by atoms with Crippen molar-refractivity contribution >= 4 is 10.8 Å². The van der Waals surface area contributed by atoms with Gasteiger partial charge in [-0.2, -0.15) is 4.91 Å². The zero-order valence-corrected chi connectivity index (χ0v) is 9.97. The third-order valence-electron chi connectivity index (χ3n) is 3.60. The molecule has 1 radical (unpaired) electrons. The second-order valence-electron chi connectivity index (χ2n) is 5.27. The molecule has 2 heteroatoms. The molecule has 0 aliphatic heterocycles. The van der Waals surface area contributed by atoms with Gasteiger partial charge in [-0.05, 0) is 28.3 Å². The van der Waals surface area contributed by atoms with Gasteiger partial charge < -0.3 is 0 Å². The Morgan fingerprint density at radius 1 is 1.12 bits per heavy atom. The van der Waals surface area contributed by atoms with Gasteiger partial charge in [0.1, 0.15) is 6.04 Å². The number of nitroso groups, excluding NO2 is 1. The van der Waals surface area contributed by atoms with E-state index in [9.17, 15) is 4.91 Å². The van der Waals surface area contributed by atoms with Gasteiger partial charge in [0.15, 0.2) is 0 Å². The fraction of sp³-hybridized carbons (Fsp3) is 0.267. The zero-order valence-electron chi connectivity index (χ0n) is 9.97. The van der Waals surface area contributed by atoms with Crippen LogP contribution in [0.3, 0.4) is 0 Å². The first-order chi connectivity index (χ1) is 8.13. The van der Waals surface area contributed by atoms with Crippen LogP contribution in [0.1, 0.15) is 31.0 Å². The Kier molecular flexibility index (Phi) is 2.09. The minimum Gasteiger partial charge on any atom is -0.150 e. The molecule has 3 rings (SSSR count). The van der Waals surface area contributed by atoms with Crippen molar-refractivity contribution in [2.24, 2.45) is 10.6 Å². The molecule has 0 spiro atoms. The minimum absolute atomic E-state index is 0.218. The highest BCUT2D eigenvalue weighted by Gasteiger charge is 2.37. The zero-order chi connectivity index (χ0) is 12.0. The molecule has 0 aromatic heterocycles. The van der Waals surface area contributed by atoms with E-state index in [1.54, 1.807) is 0 Å². The van der Waals surface area contributed by atoms with Crippen molar-refractivity contribution in [1.29, 1.82) is 0 Å². The van der Waals surface area contributed by atoms with Crippen LogP contribution < -0.4 is 0 Å². The van der Waals surface area contributed by atoms with E-state index >= 15 is 0 Å². The summed E-state index contributed by atoms with van der Waals surface area (Å²) in [7, 11) is 0. The van der Waals surface area contributed by atoms with Crippen LogP contribution in [0.4, 0.5) is 0 Å². The fourth-order valence-electron chi connectivity index (χ4n) is 2.82. The summed E-state index contributed by atoms with van der Waals surface area (Å²) >= 11 is 0. The molecule has 1 aliphatic rings. The van der Waals surface area contributed by atoms with E-state index in [1.165, 1.54) is 16.3 Å². The molecule has 0 saturated heterocycles. The van der Waals surface area contributed by atoms with Crippen LogP contribution in [0.15, 0.2) is 41.6 Å². The van der Waals surface area contributed by atoms with Crippen LogP contribution in [-0.2, 0) is 0 Å². The van der Waals surface area contributed by atoms with Crippen LogP contribution in [0, 0.1) is 16.7 Å². The van der Waals surface area contributed by atoms with Crippen LogP contribution in [0.5, 0.6) is 0 Å². The van der Waals surface area contributed by atoms with Gasteiger partial charge in [0.05, 0.1) is 0 Å². The van der Waals surface area contributed by atoms with Gasteiger partial charge in [-0.3, -0.25) is 0 Å². The number of nitrogens with zero attached hydrogens (tertiary/aromatic N) is 1. The van der Waals surface area contributed by atoms with Crippen molar-refractivity contribution in [2.75, 3.05) is 0 Å². The molecule has 0 heterocycles. The Morgan fingerprint density at radius 3 is 2.53 bits per heavy atom. The first-order valence-corrected chi connectivity index (χ1v) is 5.83. The topological polar surface area (TPSA) is 29.4 Å². The number of benzene rings is 2. The van der Waals surface area contributed by atoms with Gasteiger partial charge in [-0.1, -0.05) is 55.4 Å². The Morgan fingerprint density at radius 2 is 1.82 bits per heavy atom. The molecule has 1 aliphatic carbocycles. The van der Waals surface area contributed by atoms with E-state index in [0.29, 0.717) is 0 Å². The minimum atomic E-state index is -0.291. The summed E-state index contributed by atoms with van der Waals surface area (Å²) < 4.78 is 0. The van der Waals surface area contributed by atoms with Crippen molar-refractivity contribution in [3.63, 3.8) is 0 Å². The summed E-state index contributed by atoms with van der Waals surface area (Å²) in [6, 6.07) is 12.1. The van der Waals surface area contributed by atoms with Gasteiger partial charge in [0.25, 0.3) is 0 Å². The molecule has 0 fully saturated rings. The monoisotopic (exact) mass is 224 g/mol. The highest BCUT2D eigenvalue weighted by Crippen LogP contribution is 2.48. The molecule has 2 nitrogen and oxygen atoms in total. The van der Waals surface area contributed by atoms with Gasteiger partial charge in [0, 0.05) is 5.41 Å². The summed E-state index contributed by atoms with van der Waals surface area (Å²) in [5.41, 5.74) is 2.05. The van der Waals surface area contributed by atoms with Crippen LogP contribution in [0.25, 0.3) is 10.8 Å². The Balaban J connectivity index is 2.40. The van der Waals surface area contributed by atoms with E-state index in [4.69, 9.17) is 0 Å². The molecule has 0 saturated carbocycles. The Labute approximate surface area is 101 Å². The highest BCUT2D eigenvalue weighted by atomic mass is 16.3. The van der Waals surface area contributed by atoms with Crippen LogP contribution in [0.2, 0.25) is 0 Å². The number of rotatable bonds is 1. The van der Waals surface area contributed by atoms with Crippen molar-refractivity contribution in [3.05, 3.63) is 58.9 Å². The van der Waals surface area contributed by atoms with Crippen LogP contribution in [-0.4, -0.2) is 0 Å². The van der Waals surface area contributed by atoms with Crippen molar-refractivity contribution in [1.82, 2.24) is 0 Å². The van der Waals surface area contributed by atoms with E-state index in [1.807, 2.05) is 12.1 Å². The lowest BCUT2D eigenvalue weighted by molar-refractivity contribution is 0.351. The third-order valence-corrected chi connectivity index (χ3v) is 3.60. The standard InChI is InChI=1S/C15H14NO/c1-15(2)9-11-7-3-5-10-6-4-8-12(13(10)11)14(15)16-17/h3-9,14H,1-2H3. The maximum absolute atomic E-state index is 11.2. The molecular weight excluding hydrogens is 210 g/mol. The number of hydrogen-bond donors (Lipinski definition) is 0. The Bertz CT molecular complexity index is 596. The second kappa shape index (κ2) is 3.39. The molecule has 1 atom stereocenters. The summed E-state index contributed by atoms with van der Waals surface area (Å²) in [6.45, 7) is 4.13. The van der Waals surface area contributed by atoms with Gasteiger partial charge in [-0.25, -0.2) is 0 Å². The fourth-order valence-corrected chi connectivity index (χ4v) is 2.82. The SMILES string of the molecule is CC1(C)[CH]c2cccc3cccc(c23)C1N=O. The van der Waals surface area contributed by atoms with E-state index < -0.39 is 0 Å². The predicted octanol–water partition coefficient (Wildman–Crippen LogP) is 4.24. The highest BCUT2D eigenvalue weighted by molar-refractivity contribution is 5.91. The second-order valence-corrected chi connectivity index (χ2v) is 5.27. The molecule has 0 amide bonds. The molecule has 0 bridgehead atoms. The average molecular weight is 224 g/mol. The molecule has 17 heavy (non-hydrogen) atoms. The normalized spacial score (nSPS) is 21.4. The van der Waals surface area contributed by atoms with Crippen molar-refractivity contribution < 1.29 is 0 Å².